The molecule has 0 bridgehead atoms. The van der Waals surface area contributed by atoms with E-state index in [9.17, 15) is 9.59 Å². The molecule has 1 aromatic rings. The number of hydrogen-bond donors (Lipinski definition) is 0. The summed E-state index contributed by atoms with van der Waals surface area (Å²) in [6.45, 7) is 2.14. The van der Waals surface area contributed by atoms with Crippen LogP contribution < -0.4 is 4.90 Å². The van der Waals surface area contributed by atoms with Crippen LogP contribution >= 0.6 is 23.4 Å². The molecule has 0 spiro atoms. The first-order valence-electron chi connectivity index (χ1n) is 5.61. The highest BCUT2D eigenvalue weighted by molar-refractivity contribution is 8.13. The van der Waals surface area contributed by atoms with Crippen molar-refractivity contribution in [2.75, 3.05) is 17.2 Å². The van der Waals surface area contributed by atoms with Crippen LogP contribution in [0.1, 0.15) is 13.3 Å². The lowest BCUT2D eigenvalue weighted by Gasteiger charge is -2.17. The van der Waals surface area contributed by atoms with Crippen LogP contribution in [0.4, 0.5) is 5.69 Å². The van der Waals surface area contributed by atoms with Gasteiger partial charge in [0, 0.05) is 31.8 Å². The number of carbonyl (C=O) groups is 2. The van der Waals surface area contributed by atoms with E-state index >= 15 is 0 Å². The summed E-state index contributed by atoms with van der Waals surface area (Å²) < 4.78 is 0. The van der Waals surface area contributed by atoms with Gasteiger partial charge in [0.15, 0.2) is 5.12 Å². The summed E-state index contributed by atoms with van der Waals surface area (Å²) in [6, 6.07) is 1.67. The van der Waals surface area contributed by atoms with Gasteiger partial charge in [0.2, 0.25) is 5.91 Å². The molecule has 1 aromatic heterocycles. The van der Waals surface area contributed by atoms with Gasteiger partial charge in [-0.05, 0) is 12.0 Å². The maximum Gasteiger partial charge on any atom is 0.227 e. The molecule has 6 heteroatoms. The lowest BCUT2D eigenvalue weighted by molar-refractivity contribution is -0.117. The highest BCUT2D eigenvalue weighted by Gasteiger charge is 2.31. The predicted molar refractivity (Wildman–Crippen MR) is 72.8 cm³/mol. The molecule has 0 N–H and O–H groups in total. The van der Waals surface area contributed by atoms with Gasteiger partial charge < -0.3 is 4.90 Å². The molecule has 1 aliphatic heterocycles. The van der Waals surface area contributed by atoms with Crippen LogP contribution in [0.25, 0.3) is 0 Å². The molecule has 2 heterocycles. The minimum absolute atomic E-state index is 0.0408. The molecule has 0 radical (unpaired) electrons. The molecule has 0 aliphatic carbocycles. The normalized spacial score (nSPS) is 19.3. The van der Waals surface area contributed by atoms with Crippen molar-refractivity contribution in [1.29, 1.82) is 0 Å². The zero-order valence-electron chi connectivity index (χ0n) is 9.93. The average Bonchev–Trinajstić information content (AvgIpc) is 2.69. The molecular weight excluding hydrogens is 272 g/mol. The number of carbonyl (C=O) groups excluding carboxylic acids is 2. The number of aromatic nitrogens is 1. The Morgan fingerprint density at radius 1 is 1.67 bits per heavy atom. The Morgan fingerprint density at radius 3 is 3.11 bits per heavy atom. The van der Waals surface area contributed by atoms with Gasteiger partial charge in [-0.2, -0.15) is 0 Å². The van der Waals surface area contributed by atoms with E-state index in [-0.39, 0.29) is 16.9 Å². The number of hydrogen-bond acceptors (Lipinski definition) is 4. The largest absolute Gasteiger partial charge is 0.309 e. The number of nitrogens with zero attached hydrogens (tertiary/aromatic N) is 2. The van der Waals surface area contributed by atoms with Gasteiger partial charge in [0.05, 0.1) is 16.9 Å². The monoisotopic (exact) mass is 284 g/mol. The van der Waals surface area contributed by atoms with Crippen molar-refractivity contribution in [2.24, 2.45) is 5.92 Å². The van der Waals surface area contributed by atoms with E-state index in [1.165, 1.54) is 18.7 Å². The van der Waals surface area contributed by atoms with Gasteiger partial charge in [-0.3, -0.25) is 14.6 Å². The third-order valence-corrected chi connectivity index (χ3v) is 4.13. The molecule has 0 saturated carbocycles. The summed E-state index contributed by atoms with van der Waals surface area (Å²) in [5, 5.41) is 0.610. The van der Waals surface area contributed by atoms with E-state index in [0.717, 1.165) is 0 Å². The van der Waals surface area contributed by atoms with Crippen molar-refractivity contribution < 1.29 is 9.59 Å². The molecular formula is C12H13ClN2O2S. The molecule has 1 atom stereocenters. The summed E-state index contributed by atoms with van der Waals surface area (Å²) in [5.41, 5.74) is 0.652. The van der Waals surface area contributed by atoms with E-state index in [1.807, 2.05) is 0 Å². The van der Waals surface area contributed by atoms with Crippen molar-refractivity contribution in [2.45, 2.75) is 13.3 Å². The second-order valence-corrected chi connectivity index (χ2v) is 5.81. The van der Waals surface area contributed by atoms with Crippen molar-refractivity contribution in [1.82, 2.24) is 4.98 Å². The minimum atomic E-state index is 0.0408. The van der Waals surface area contributed by atoms with Gasteiger partial charge in [-0.1, -0.05) is 23.4 Å². The van der Waals surface area contributed by atoms with Crippen LogP contribution in [0, 0.1) is 5.92 Å². The Kier molecular flexibility index (Phi) is 4.24. The Balaban J connectivity index is 2.06. The molecule has 2 rings (SSSR count). The number of pyridine rings is 1. The quantitative estimate of drug-likeness (QED) is 0.855. The lowest BCUT2D eigenvalue weighted by Crippen LogP contribution is -2.25. The van der Waals surface area contributed by atoms with Crippen LogP contribution in [0.3, 0.4) is 0 Å². The highest BCUT2D eigenvalue weighted by atomic mass is 35.5. The number of rotatable bonds is 3. The van der Waals surface area contributed by atoms with E-state index in [0.29, 0.717) is 29.4 Å². The molecule has 4 nitrogen and oxygen atoms in total. The summed E-state index contributed by atoms with van der Waals surface area (Å²) in [7, 11) is 0. The van der Waals surface area contributed by atoms with Crippen molar-refractivity contribution in [3.05, 3.63) is 23.5 Å². The van der Waals surface area contributed by atoms with Crippen LogP contribution in [-0.4, -0.2) is 28.3 Å². The fourth-order valence-electron chi connectivity index (χ4n) is 1.93. The summed E-state index contributed by atoms with van der Waals surface area (Å²) >= 11 is 7.32. The smallest absolute Gasteiger partial charge is 0.227 e. The molecule has 0 aromatic carbocycles. The Morgan fingerprint density at radius 2 is 2.44 bits per heavy atom. The Bertz CT molecular complexity index is 481. The summed E-state index contributed by atoms with van der Waals surface area (Å²) in [4.78, 5) is 28.5. The minimum Gasteiger partial charge on any atom is -0.309 e. The van der Waals surface area contributed by atoms with Crippen LogP contribution in [0.2, 0.25) is 5.02 Å². The fraction of sp³-hybridized carbons (Fsp3) is 0.417. The maximum atomic E-state index is 11.9. The second-order valence-electron chi connectivity index (χ2n) is 4.20. The second kappa shape index (κ2) is 5.71. The highest BCUT2D eigenvalue weighted by Crippen LogP contribution is 2.31. The van der Waals surface area contributed by atoms with E-state index < -0.39 is 0 Å². The van der Waals surface area contributed by atoms with Gasteiger partial charge >= 0.3 is 0 Å². The average molecular weight is 285 g/mol. The van der Waals surface area contributed by atoms with Crippen LogP contribution in [0.15, 0.2) is 18.5 Å². The molecule has 1 saturated heterocycles. The number of amides is 1. The molecule has 1 unspecified atom stereocenters. The number of thioether (sulfide) groups is 1. The van der Waals surface area contributed by atoms with Crippen molar-refractivity contribution >= 4 is 40.1 Å². The topological polar surface area (TPSA) is 50.3 Å². The SMILES string of the molecule is CC(=O)SCC1CC(=O)N(c2cnccc2Cl)C1. The molecule has 1 fully saturated rings. The number of halogens is 1. The van der Waals surface area contributed by atoms with Crippen LogP contribution in [-0.2, 0) is 9.59 Å². The van der Waals surface area contributed by atoms with E-state index in [4.69, 9.17) is 11.6 Å². The first-order valence-corrected chi connectivity index (χ1v) is 6.97. The zero-order chi connectivity index (χ0) is 13.1. The van der Waals surface area contributed by atoms with Gasteiger partial charge in [-0.15, -0.1) is 0 Å². The third kappa shape index (κ3) is 3.03. The summed E-state index contributed by atoms with van der Waals surface area (Å²) in [5.74, 6) is 0.914. The van der Waals surface area contributed by atoms with Crippen LogP contribution in [0.5, 0.6) is 0 Å². The first kappa shape index (κ1) is 13.4. The number of anilines is 1. The van der Waals surface area contributed by atoms with Crippen molar-refractivity contribution in [3.8, 4) is 0 Å². The Hall–Kier alpha value is -1.07. The lowest BCUT2D eigenvalue weighted by atomic mass is 10.1. The zero-order valence-corrected chi connectivity index (χ0v) is 11.5. The van der Waals surface area contributed by atoms with Gasteiger partial charge in [0.25, 0.3) is 0 Å². The predicted octanol–water partition coefficient (Wildman–Crippen LogP) is 2.37. The maximum absolute atomic E-state index is 11.9. The fourth-order valence-corrected chi connectivity index (χ4v) is 2.83. The molecule has 18 heavy (non-hydrogen) atoms. The molecule has 1 aliphatic rings. The van der Waals surface area contributed by atoms with E-state index in [1.54, 1.807) is 23.4 Å². The van der Waals surface area contributed by atoms with E-state index in [2.05, 4.69) is 4.98 Å². The Labute approximate surface area is 115 Å². The molecule has 96 valence electrons. The van der Waals surface area contributed by atoms with Crippen molar-refractivity contribution in [3.63, 3.8) is 0 Å². The van der Waals surface area contributed by atoms with Gasteiger partial charge in [-0.25, -0.2) is 0 Å². The van der Waals surface area contributed by atoms with Gasteiger partial charge in [0.1, 0.15) is 0 Å². The summed E-state index contributed by atoms with van der Waals surface area (Å²) in [6.07, 6.45) is 3.65. The third-order valence-electron chi connectivity index (χ3n) is 2.77. The first-order chi connectivity index (χ1) is 8.58. The molecule has 1 amide bonds. The standard InChI is InChI=1S/C12H13ClN2O2S/c1-8(16)18-7-9-4-12(17)15(6-9)11-5-14-3-2-10(11)13/h2-3,5,9H,4,6-7H2,1H3.